The Morgan fingerprint density at radius 2 is 1.70 bits per heavy atom. The van der Waals surface area contributed by atoms with Gasteiger partial charge in [-0.25, -0.2) is 4.79 Å². The second-order valence-electron chi connectivity index (χ2n) is 7.20. The van der Waals surface area contributed by atoms with E-state index in [4.69, 9.17) is 16.3 Å². The topological polar surface area (TPSA) is 58.6 Å². The lowest BCUT2D eigenvalue weighted by Crippen LogP contribution is -2.30. The van der Waals surface area contributed by atoms with Crippen molar-refractivity contribution < 1.29 is 14.3 Å². The van der Waals surface area contributed by atoms with Crippen LogP contribution in [-0.2, 0) is 17.9 Å². The van der Waals surface area contributed by atoms with Crippen LogP contribution in [0.3, 0.4) is 0 Å². The van der Waals surface area contributed by atoms with Crippen molar-refractivity contribution in [2.24, 2.45) is 0 Å². The number of hydrogen-bond acceptors (Lipinski definition) is 3. The molecule has 1 aliphatic rings. The Bertz CT molecular complexity index is 1240. The van der Waals surface area contributed by atoms with E-state index in [0.717, 1.165) is 34.1 Å². The van der Waals surface area contributed by atoms with Gasteiger partial charge in [0.2, 0.25) is 0 Å². The normalized spacial score (nSPS) is 14.7. The number of halogens is 4. The predicted molar refractivity (Wildman–Crippen MR) is 149 cm³/mol. The molecule has 3 aromatic carbocycles. The number of nitrogens with zero attached hydrogens (tertiary/aromatic N) is 1. The Morgan fingerprint density at radius 1 is 1.03 bits per heavy atom. The fraction of sp³-hybridized carbons (Fsp3) is 0.0833. The number of nitrogens with one attached hydrogen (secondary N) is 1. The first-order valence-corrected chi connectivity index (χ1v) is 13.1. The quantitative estimate of drug-likeness (QED) is 0.168. The zero-order valence-corrected chi connectivity index (χ0v) is 23.6. The molecule has 0 spiro atoms. The van der Waals surface area contributed by atoms with Gasteiger partial charge in [-0.2, -0.15) is 0 Å². The highest BCUT2D eigenvalue weighted by Gasteiger charge is 2.33. The van der Waals surface area contributed by atoms with Crippen LogP contribution in [0.15, 0.2) is 70.8 Å². The van der Waals surface area contributed by atoms with Crippen LogP contribution in [0.25, 0.3) is 6.08 Å². The van der Waals surface area contributed by atoms with Crippen LogP contribution >= 0.6 is 72.7 Å². The van der Waals surface area contributed by atoms with E-state index in [0.29, 0.717) is 11.6 Å². The maximum Gasteiger partial charge on any atom is 0.329 e. The summed E-state index contributed by atoms with van der Waals surface area (Å²) in [6, 6.07) is 18.5. The van der Waals surface area contributed by atoms with E-state index in [9.17, 15) is 9.59 Å². The summed E-state index contributed by atoms with van der Waals surface area (Å²) in [7, 11) is 0. The lowest BCUT2D eigenvalue weighted by atomic mass is 10.1. The van der Waals surface area contributed by atoms with Gasteiger partial charge >= 0.3 is 6.03 Å². The van der Waals surface area contributed by atoms with Crippen molar-refractivity contribution in [2.45, 2.75) is 13.2 Å². The second kappa shape index (κ2) is 10.7. The molecule has 168 valence electrons. The molecule has 1 saturated heterocycles. The third-order valence-corrected chi connectivity index (χ3v) is 7.38. The number of rotatable bonds is 6. The summed E-state index contributed by atoms with van der Waals surface area (Å²) >= 11 is 14.0. The first-order valence-electron chi connectivity index (χ1n) is 9.76. The highest BCUT2D eigenvalue weighted by molar-refractivity contribution is 14.1. The van der Waals surface area contributed by atoms with Crippen molar-refractivity contribution in [1.29, 1.82) is 0 Å². The van der Waals surface area contributed by atoms with E-state index in [2.05, 4.69) is 66.4 Å². The van der Waals surface area contributed by atoms with Crippen LogP contribution in [0.4, 0.5) is 4.79 Å². The second-order valence-corrected chi connectivity index (χ2v) is 10.8. The molecule has 0 unspecified atom stereocenters. The van der Waals surface area contributed by atoms with Crippen LogP contribution in [0, 0.1) is 7.14 Å². The summed E-state index contributed by atoms with van der Waals surface area (Å²) in [5.41, 5.74) is 2.81. The molecule has 1 N–H and O–H groups in total. The Kier molecular flexibility index (Phi) is 7.98. The highest BCUT2D eigenvalue weighted by Crippen LogP contribution is 2.31. The average Bonchev–Trinajstić information content (AvgIpc) is 3.03. The molecule has 0 atom stereocenters. The summed E-state index contributed by atoms with van der Waals surface area (Å²) in [5.74, 6) is 0.392. The number of carbonyl (C=O) groups excluding carboxylic acids is 2. The molecular weight excluding hydrogens is 733 g/mol. The zero-order chi connectivity index (χ0) is 23.5. The number of hydrogen-bond donors (Lipinski definition) is 1. The largest absolute Gasteiger partial charge is 0.487 e. The van der Waals surface area contributed by atoms with Crippen LogP contribution in [0.5, 0.6) is 5.75 Å². The Balaban J connectivity index is 1.50. The molecule has 0 aliphatic carbocycles. The maximum atomic E-state index is 12.8. The highest BCUT2D eigenvalue weighted by atomic mass is 127. The number of amides is 3. The molecule has 4 rings (SSSR count). The predicted octanol–water partition coefficient (Wildman–Crippen LogP) is 6.98. The summed E-state index contributed by atoms with van der Waals surface area (Å²) in [5, 5.41) is 3.34. The first kappa shape index (κ1) is 24.5. The minimum absolute atomic E-state index is 0.208. The zero-order valence-electron chi connectivity index (χ0n) is 16.9. The molecule has 33 heavy (non-hydrogen) atoms. The molecule has 5 nitrogen and oxygen atoms in total. The van der Waals surface area contributed by atoms with Gasteiger partial charge in [0.05, 0.1) is 13.7 Å². The van der Waals surface area contributed by atoms with Crippen LogP contribution < -0.4 is 10.1 Å². The van der Waals surface area contributed by atoms with Gasteiger partial charge in [-0.05, 0) is 92.7 Å². The molecule has 1 aliphatic heterocycles. The van der Waals surface area contributed by atoms with E-state index in [1.54, 1.807) is 6.08 Å². The van der Waals surface area contributed by atoms with Gasteiger partial charge in [-0.15, -0.1) is 0 Å². The number of benzene rings is 3. The molecular formula is C24H16BrClI2N2O3. The number of carbonyl (C=O) groups is 2. The number of ether oxygens (including phenoxy) is 1. The third kappa shape index (κ3) is 5.90. The molecule has 0 radical (unpaired) electrons. The van der Waals surface area contributed by atoms with Crippen LogP contribution in [-0.4, -0.2) is 16.8 Å². The minimum atomic E-state index is -0.432. The SMILES string of the molecule is O=C1N/C(=C/c2cc(I)c(OCc3ccccc3Cl)c(I)c2)C(=O)N1Cc1ccc(Br)cc1. The van der Waals surface area contributed by atoms with Crippen molar-refractivity contribution in [3.05, 3.63) is 99.7 Å². The van der Waals surface area contributed by atoms with Crippen molar-refractivity contribution in [3.8, 4) is 5.75 Å². The molecule has 0 saturated carbocycles. The summed E-state index contributed by atoms with van der Waals surface area (Å²) < 4.78 is 8.74. The molecule has 9 heteroatoms. The van der Waals surface area contributed by atoms with Gasteiger partial charge < -0.3 is 10.1 Å². The fourth-order valence-electron chi connectivity index (χ4n) is 3.22. The molecule has 3 amide bonds. The van der Waals surface area contributed by atoms with Gasteiger partial charge in [0, 0.05) is 15.1 Å². The monoisotopic (exact) mass is 748 g/mol. The van der Waals surface area contributed by atoms with Gasteiger partial charge in [0.15, 0.2) is 0 Å². The molecule has 3 aromatic rings. The van der Waals surface area contributed by atoms with Gasteiger partial charge in [0.1, 0.15) is 18.1 Å². The van der Waals surface area contributed by atoms with Gasteiger partial charge in [0.25, 0.3) is 5.91 Å². The van der Waals surface area contributed by atoms with E-state index in [-0.39, 0.29) is 18.1 Å². The summed E-state index contributed by atoms with van der Waals surface area (Å²) in [4.78, 5) is 26.4. The van der Waals surface area contributed by atoms with E-state index in [1.165, 1.54) is 4.90 Å². The Morgan fingerprint density at radius 3 is 2.36 bits per heavy atom. The molecule has 1 fully saturated rings. The molecule has 0 aromatic heterocycles. The lowest BCUT2D eigenvalue weighted by Gasteiger charge is -2.13. The van der Waals surface area contributed by atoms with Crippen LogP contribution in [0.1, 0.15) is 16.7 Å². The van der Waals surface area contributed by atoms with E-state index >= 15 is 0 Å². The van der Waals surface area contributed by atoms with Crippen LogP contribution in [0.2, 0.25) is 5.02 Å². The van der Waals surface area contributed by atoms with Gasteiger partial charge in [-0.3, -0.25) is 9.69 Å². The van der Waals surface area contributed by atoms with Gasteiger partial charge in [-0.1, -0.05) is 57.9 Å². The van der Waals surface area contributed by atoms with E-state index < -0.39 is 6.03 Å². The Labute approximate surface area is 231 Å². The van der Waals surface area contributed by atoms with Crippen molar-refractivity contribution in [3.63, 3.8) is 0 Å². The third-order valence-electron chi connectivity index (χ3n) is 4.88. The lowest BCUT2D eigenvalue weighted by molar-refractivity contribution is -0.123. The summed E-state index contributed by atoms with van der Waals surface area (Å²) in [6.07, 6.45) is 1.68. The van der Waals surface area contributed by atoms with Crippen molar-refractivity contribution in [2.75, 3.05) is 0 Å². The maximum absolute atomic E-state index is 12.8. The minimum Gasteiger partial charge on any atom is -0.487 e. The summed E-state index contributed by atoms with van der Waals surface area (Å²) in [6.45, 7) is 0.560. The fourth-order valence-corrected chi connectivity index (χ4v) is 5.80. The molecule has 0 bridgehead atoms. The number of urea groups is 1. The first-order chi connectivity index (χ1) is 15.8. The average molecular weight is 750 g/mol. The van der Waals surface area contributed by atoms with Crippen molar-refractivity contribution >= 4 is 90.7 Å². The molecule has 1 heterocycles. The smallest absolute Gasteiger partial charge is 0.329 e. The standard InChI is InChI=1S/C24H16BrClI2N2O3/c25-17-7-5-14(6-8-17)12-30-23(31)21(29-24(30)32)11-15-9-19(27)22(20(28)10-15)33-13-16-3-1-2-4-18(16)26/h1-11H,12-13H2,(H,29,32)/b21-11+. The van der Waals surface area contributed by atoms with E-state index in [1.807, 2.05) is 60.7 Å². The number of imide groups is 1. The van der Waals surface area contributed by atoms with Crippen molar-refractivity contribution in [1.82, 2.24) is 10.2 Å². The Hall–Kier alpha value is -1.63.